The minimum atomic E-state index is -3.59. The maximum absolute atomic E-state index is 12.0. The third-order valence-electron chi connectivity index (χ3n) is 2.17. The first-order valence-electron chi connectivity index (χ1n) is 5.08. The van der Waals surface area contributed by atoms with E-state index >= 15 is 0 Å². The Hall–Kier alpha value is -1.29. The second-order valence-electron chi connectivity index (χ2n) is 3.47. The molecule has 2 aromatic rings. The van der Waals surface area contributed by atoms with Crippen LogP contribution in [-0.2, 0) is 23.1 Å². The van der Waals surface area contributed by atoms with E-state index in [9.17, 15) is 8.42 Å². The maximum Gasteiger partial charge on any atom is 0.242 e. The molecule has 18 heavy (non-hydrogen) atoms. The summed E-state index contributed by atoms with van der Waals surface area (Å²) in [4.78, 5) is 4.73. The molecule has 0 aromatic carbocycles. The summed E-state index contributed by atoms with van der Waals surface area (Å²) in [6.07, 6.45) is 0. The summed E-state index contributed by atoms with van der Waals surface area (Å²) in [6.45, 7) is 1.81. The second kappa shape index (κ2) is 5.14. The van der Waals surface area contributed by atoms with E-state index in [0.717, 1.165) is 0 Å². The third-order valence-corrected chi connectivity index (χ3v) is 4.73. The summed E-state index contributed by atoms with van der Waals surface area (Å²) in [5, 5.41) is 5.30. The van der Waals surface area contributed by atoms with Crippen LogP contribution in [0.5, 0.6) is 0 Å². The lowest BCUT2D eigenvalue weighted by molar-refractivity contribution is 0.387. The first-order valence-corrected chi connectivity index (χ1v) is 7.44. The molecule has 0 aliphatic heterocycles. The van der Waals surface area contributed by atoms with Gasteiger partial charge in [0.15, 0.2) is 5.82 Å². The van der Waals surface area contributed by atoms with Crippen molar-refractivity contribution in [2.24, 2.45) is 5.73 Å². The molecule has 0 bridgehead atoms. The average molecular weight is 288 g/mol. The fourth-order valence-electron chi connectivity index (χ4n) is 1.37. The zero-order chi connectivity index (χ0) is 13.2. The molecule has 7 nitrogen and oxygen atoms in total. The number of hydrogen-bond acceptors (Lipinski definition) is 7. The molecule has 0 saturated heterocycles. The van der Waals surface area contributed by atoms with Crippen LogP contribution < -0.4 is 10.5 Å². The van der Waals surface area contributed by atoms with Crippen LogP contribution in [0.4, 0.5) is 0 Å². The van der Waals surface area contributed by atoms with Crippen molar-refractivity contribution in [1.82, 2.24) is 14.9 Å². The smallest absolute Gasteiger partial charge is 0.242 e. The van der Waals surface area contributed by atoms with Crippen molar-refractivity contribution < 1.29 is 12.9 Å². The molecule has 0 atom stereocenters. The molecule has 0 aliphatic rings. The monoisotopic (exact) mass is 288 g/mol. The van der Waals surface area contributed by atoms with Crippen molar-refractivity contribution >= 4 is 21.4 Å². The van der Waals surface area contributed by atoms with Gasteiger partial charge in [0.1, 0.15) is 0 Å². The van der Waals surface area contributed by atoms with Gasteiger partial charge in [-0.25, -0.2) is 13.1 Å². The Bertz CT molecular complexity index is 632. The molecule has 98 valence electrons. The van der Waals surface area contributed by atoms with E-state index in [1.807, 2.05) is 0 Å². The number of thiophene rings is 1. The molecule has 0 unspecified atom stereocenters. The number of sulfonamides is 1. The van der Waals surface area contributed by atoms with E-state index in [-0.39, 0.29) is 18.0 Å². The van der Waals surface area contributed by atoms with Crippen LogP contribution in [0.2, 0.25) is 0 Å². The van der Waals surface area contributed by atoms with Gasteiger partial charge in [-0.15, -0.1) is 11.3 Å². The van der Waals surface area contributed by atoms with E-state index in [4.69, 9.17) is 10.3 Å². The summed E-state index contributed by atoms with van der Waals surface area (Å²) in [5.74, 6) is 0.683. The van der Waals surface area contributed by atoms with E-state index in [1.54, 1.807) is 12.3 Å². The molecule has 0 spiro atoms. The van der Waals surface area contributed by atoms with Gasteiger partial charge >= 0.3 is 0 Å². The molecule has 0 radical (unpaired) electrons. The van der Waals surface area contributed by atoms with Gasteiger partial charge in [-0.05, 0) is 11.4 Å². The highest BCUT2D eigenvalue weighted by molar-refractivity contribution is 7.89. The maximum atomic E-state index is 12.0. The second-order valence-corrected chi connectivity index (χ2v) is 6.20. The lowest BCUT2D eigenvalue weighted by atomic mass is 10.5. The van der Waals surface area contributed by atoms with Crippen LogP contribution >= 0.6 is 11.3 Å². The number of nitrogens with zero attached hydrogens (tertiary/aromatic N) is 2. The van der Waals surface area contributed by atoms with E-state index in [0.29, 0.717) is 16.6 Å². The molecule has 9 heteroatoms. The molecule has 0 amide bonds. The Morgan fingerprint density at radius 3 is 2.94 bits per heavy atom. The molecule has 2 aromatic heterocycles. The fourth-order valence-corrected chi connectivity index (χ4v) is 3.68. The summed E-state index contributed by atoms with van der Waals surface area (Å²) in [5.41, 5.74) is 5.48. The van der Waals surface area contributed by atoms with E-state index in [1.165, 1.54) is 17.4 Å². The fraction of sp³-hybridized carbons (Fsp3) is 0.333. The van der Waals surface area contributed by atoms with Gasteiger partial charge in [0, 0.05) is 18.3 Å². The number of aryl methyl sites for hydroxylation is 1. The van der Waals surface area contributed by atoms with Gasteiger partial charge in [-0.2, -0.15) is 4.98 Å². The first-order chi connectivity index (χ1) is 8.53. The Morgan fingerprint density at radius 2 is 2.33 bits per heavy atom. The van der Waals surface area contributed by atoms with Crippen LogP contribution in [0, 0.1) is 6.92 Å². The summed E-state index contributed by atoms with van der Waals surface area (Å²) in [7, 11) is -3.59. The van der Waals surface area contributed by atoms with Gasteiger partial charge in [0.05, 0.1) is 11.4 Å². The highest BCUT2D eigenvalue weighted by atomic mass is 32.2. The van der Waals surface area contributed by atoms with Crippen LogP contribution in [0.3, 0.4) is 0 Å². The predicted octanol–water partition coefficient (Wildman–Crippen LogP) is 0.377. The van der Waals surface area contributed by atoms with Crippen molar-refractivity contribution in [3.63, 3.8) is 0 Å². The van der Waals surface area contributed by atoms with Crippen molar-refractivity contribution in [2.75, 3.05) is 0 Å². The minimum absolute atomic E-state index is 0.0144. The van der Waals surface area contributed by atoms with E-state index < -0.39 is 10.0 Å². The first kappa shape index (κ1) is 13.1. The quantitative estimate of drug-likeness (QED) is 0.822. The van der Waals surface area contributed by atoms with Crippen molar-refractivity contribution in [1.29, 1.82) is 0 Å². The molecular weight excluding hydrogens is 276 g/mol. The summed E-state index contributed by atoms with van der Waals surface area (Å²) in [6, 6.07) is 1.52. The Kier molecular flexibility index (Phi) is 3.76. The SMILES string of the molecule is Cc1nc(CNS(=O)(=O)c2ccsc2CN)no1. The van der Waals surface area contributed by atoms with Gasteiger partial charge in [-0.3, -0.25) is 0 Å². The lowest BCUT2D eigenvalue weighted by Gasteiger charge is -2.04. The largest absolute Gasteiger partial charge is 0.340 e. The van der Waals surface area contributed by atoms with Gasteiger partial charge in [0.25, 0.3) is 0 Å². The third kappa shape index (κ3) is 2.75. The van der Waals surface area contributed by atoms with Crippen LogP contribution in [0.15, 0.2) is 20.9 Å². The van der Waals surface area contributed by atoms with Crippen LogP contribution in [0.25, 0.3) is 0 Å². The molecule has 2 heterocycles. The van der Waals surface area contributed by atoms with E-state index in [2.05, 4.69) is 14.9 Å². The average Bonchev–Trinajstić information content (AvgIpc) is 2.95. The molecule has 0 fully saturated rings. The highest BCUT2D eigenvalue weighted by Gasteiger charge is 2.19. The highest BCUT2D eigenvalue weighted by Crippen LogP contribution is 2.21. The predicted molar refractivity (Wildman–Crippen MR) is 65.3 cm³/mol. The molecule has 2 rings (SSSR count). The van der Waals surface area contributed by atoms with Crippen LogP contribution in [-0.4, -0.2) is 18.6 Å². The summed E-state index contributed by atoms with van der Waals surface area (Å²) < 4.78 is 31.2. The Labute approximate surface area is 108 Å². The van der Waals surface area contributed by atoms with Gasteiger partial charge in [0.2, 0.25) is 15.9 Å². The van der Waals surface area contributed by atoms with Gasteiger partial charge in [-0.1, -0.05) is 5.16 Å². The standard InChI is InChI=1S/C9H12N4O3S2/c1-6-12-9(13-16-6)5-11-18(14,15)8-2-3-17-7(8)4-10/h2-3,11H,4-5,10H2,1H3. The number of aromatic nitrogens is 2. The number of hydrogen-bond donors (Lipinski definition) is 2. The minimum Gasteiger partial charge on any atom is -0.340 e. The summed E-state index contributed by atoms with van der Waals surface area (Å²) >= 11 is 1.31. The van der Waals surface area contributed by atoms with Crippen molar-refractivity contribution in [2.45, 2.75) is 24.9 Å². The molecule has 3 N–H and O–H groups in total. The molecular formula is C9H12N4O3S2. The van der Waals surface area contributed by atoms with Crippen LogP contribution in [0.1, 0.15) is 16.6 Å². The van der Waals surface area contributed by atoms with Crippen molar-refractivity contribution in [3.05, 3.63) is 28.0 Å². The van der Waals surface area contributed by atoms with Gasteiger partial charge < -0.3 is 10.3 Å². The Morgan fingerprint density at radius 1 is 1.56 bits per heavy atom. The number of nitrogens with two attached hydrogens (primary N) is 1. The Balaban J connectivity index is 2.13. The normalized spacial score (nSPS) is 11.9. The molecule has 0 saturated carbocycles. The number of rotatable bonds is 5. The number of nitrogens with one attached hydrogen (secondary N) is 1. The van der Waals surface area contributed by atoms with Crippen molar-refractivity contribution in [3.8, 4) is 0 Å². The zero-order valence-corrected chi connectivity index (χ0v) is 11.2. The topological polar surface area (TPSA) is 111 Å². The zero-order valence-electron chi connectivity index (χ0n) is 9.58. The molecule has 0 aliphatic carbocycles. The lowest BCUT2D eigenvalue weighted by Crippen LogP contribution is -2.24.